The molecule has 3 aromatic carbocycles. The summed E-state index contributed by atoms with van der Waals surface area (Å²) in [5.74, 6) is -1.69. The van der Waals surface area contributed by atoms with Gasteiger partial charge >= 0.3 is 12.1 Å². The summed E-state index contributed by atoms with van der Waals surface area (Å²) in [5, 5.41) is 11.7. The maximum absolute atomic E-state index is 12.9. The van der Waals surface area contributed by atoms with Gasteiger partial charge in [0, 0.05) is 13.0 Å². The van der Waals surface area contributed by atoms with E-state index in [1.54, 1.807) is 12.1 Å². The molecule has 0 spiro atoms. The zero-order valence-corrected chi connectivity index (χ0v) is 19.1. The molecule has 0 atom stereocenters. The number of aliphatic carboxylic acids is 1. The normalized spacial score (nSPS) is 11.9. The molecule has 0 heterocycles. The molecule has 1 aliphatic carbocycles. The number of anilines is 1. The molecular weight excluding hydrogens is 432 g/mol. The van der Waals surface area contributed by atoms with E-state index in [-0.39, 0.29) is 23.8 Å². The Morgan fingerprint density at radius 2 is 1.59 bits per heavy atom. The number of hydrogen-bond donors (Lipinski definition) is 2. The van der Waals surface area contributed by atoms with Gasteiger partial charge in [0.05, 0.1) is 11.3 Å². The quantitative estimate of drug-likeness (QED) is 0.532. The summed E-state index contributed by atoms with van der Waals surface area (Å²) in [6, 6.07) is 21.3. The molecule has 2 N–H and O–H groups in total. The van der Waals surface area contributed by atoms with Crippen molar-refractivity contribution in [3.05, 3.63) is 89.0 Å². The number of carboxylic acids is 1. The van der Waals surface area contributed by atoms with Crippen LogP contribution in [0.15, 0.2) is 66.7 Å². The largest absolute Gasteiger partial charge is 0.480 e. The summed E-state index contributed by atoms with van der Waals surface area (Å²) in [6.07, 6.45) is 0.00906. The van der Waals surface area contributed by atoms with Crippen LogP contribution >= 0.6 is 0 Å². The molecular formula is C27H26N2O5. The first-order chi connectivity index (χ1) is 16.4. The van der Waals surface area contributed by atoms with Crippen LogP contribution < -0.4 is 5.32 Å². The highest BCUT2D eigenvalue weighted by Crippen LogP contribution is 2.44. The second-order valence-corrected chi connectivity index (χ2v) is 8.24. The predicted molar refractivity (Wildman–Crippen MR) is 129 cm³/mol. The number of nitrogens with zero attached hydrogens (tertiary/aromatic N) is 1. The van der Waals surface area contributed by atoms with Crippen molar-refractivity contribution < 1.29 is 24.2 Å². The summed E-state index contributed by atoms with van der Waals surface area (Å²) >= 11 is 0. The lowest BCUT2D eigenvalue weighted by Gasteiger charge is -2.19. The van der Waals surface area contributed by atoms with E-state index in [0.717, 1.165) is 32.7 Å². The standard InChI is InChI=1S/C27H26N2O5/c1-3-17-12-13-24(22(14-17)26(32)29(2)15-25(30)31)28-27(33)34-16-23-20-10-6-4-8-18(20)19-9-5-7-11-21(19)23/h4-14,23H,3,15-16H2,1-2H3,(H,28,33)(H,30,31). The van der Waals surface area contributed by atoms with E-state index < -0.39 is 24.5 Å². The van der Waals surface area contributed by atoms with Gasteiger partial charge in [-0.2, -0.15) is 0 Å². The highest BCUT2D eigenvalue weighted by atomic mass is 16.5. The summed E-state index contributed by atoms with van der Waals surface area (Å²) in [4.78, 5) is 37.7. The van der Waals surface area contributed by atoms with Crippen LogP contribution in [0.5, 0.6) is 0 Å². The van der Waals surface area contributed by atoms with Gasteiger partial charge in [0.2, 0.25) is 0 Å². The molecule has 0 radical (unpaired) electrons. The highest BCUT2D eigenvalue weighted by molar-refractivity contribution is 6.03. The Bertz CT molecular complexity index is 1210. The molecule has 34 heavy (non-hydrogen) atoms. The van der Waals surface area contributed by atoms with Crippen molar-refractivity contribution >= 4 is 23.7 Å². The molecule has 4 rings (SSSR count). The van der Waals surface area contributed by atoms with Gasteiger partial charge < -0.3 is 14.7 Å². The van der Waals surface area contributed by atoms with Crippen LogP contribution in [-0.4, -0.2) is 48.2 Å². The molecule has 0 fully saturated rings. The minimum atomic E-state index is -1.12. The van der Waals surface area contributed by atoms with Crippen LogP contribution in [-0.2, 0) is 16.0 Å². The van der Waals surface area contributed by atoms with Crippen LogP contribution in [0.3, 0.4) is 0 Å². The van der Waals surface area contributed by atoms with Crippen LogP contribution in [0.25, 0.3) is 11.1 Å². The Labute approximate surface area is 198 Å². The number of aryl methyl sites for hydroxylation is 1. The first-order valence-corrected chi connectivity index (χ1v) is 11.1. The van der Waals surface area contributed by atoms with Crippen molar-refractivity contribution in [2.75, 3.05) is 25.5 Å². The van der Waals surface area contributed by atoms with Crippen molar-refractivity contribution in [3.63, 3.8) is 0 Å². The second kappa shape index (κ2) is 9.79. The Hall–Kier alpha value is -4.13. The molecule has 0 unspecified atom stereocenters. The topological polar surface area (TPSA) is 95.9 Å². The Kier molecular flexibility index (Phi) is 6.63. The zero-order valence-electron chi connectivity index (χ0n) is 19.1. The monoisotopic (exact) mass is 458 g/mol. The van der Waals surface area contributed by atoms with Crippen molar-refractivity contribution in [3.8, 4) is 11.1 Å². The van der Waals surface area contributed by atoms with E-state index in [2.05, 4.69) is 17.4 Å². The van der Waals surface area contributed by atoms with Gasteiger partial charge in [0.1, 0.15) is 13.2 Å². The van der Waals surface area contributed by atoms with E-state index in [9.17, 15) is 14.4 Å². The van der Waals surface area contributed by atoms with Crippen molar-refractivity contribution in [1.82, 2.24) is 4.90 Å². The fourth-order valence-electron chi connectivity index (χ4n) is 4.32. The maximum Gasteiger partial charge on any atom is 0.411 e. The van der Waals surface area contributed by atoms with Gasteiger partial charge in [-0.05, 0) is 46.4 Å². The van der Waals surface area contributed by atoms with Gasteiger partial charge in [-0.25, -0.2) is 4.79 Å². The fourth-order valence-corrected chi connectivity index (χ4v) is 4.32. The van der Waals surface area contributed by atoms with Crippen molar-refractivity contribution in [2.45, 2.75) is 19.3 Å². The summed E-state index contributed by atoms with van der Waals surface area (Å²) < 4.78 is 5.59. The molecule has 0 aromatic heterocycles. The van der Waals surface area contributed by atoms with Gasteiger partial charge in [-0.15, -0.1) is 0 Å². The van der Waals surface area contributed by atoms with Gasteiger partial charge in [0.25, 0.3) is 5.91 Å². The second-order valence-electron chi connectivity index (χ2n) is 8.24. The number of nitrogens with one attached hydrogen (secondary N) is 1. The Balaban J connectivity index is 1.51. The number of fused-ring (bicyclic) bond motifs is 3. The molecule has 0 saturated carbocycles. The number of amides is 2. The SMILES string of the molecule is CCc1ccc(NC(=O)OCC2c3ccccc3-c3ccccc32)c(C(=O)N(C)CC(=O)O)c1. The smallest absolute Gasteiger partial charge is 0.411 e. The maximum atomic E-state index is 12.9. The van der Waals surface area contributed by atoms with Gasteiger partial charge in [-0.3, -0.25) is 14.9 Å². The number of ether oxygens (including phenoxy) is 1. The van der Waals surface area contributed by atoms with Crippen LogP contribution in [0.1, 0.15) is 39.9 Å². The van der Waals surface area contributed by atoms with Gasteiger partial charge in [-0.1, -0.05) is 61.5 Å². The number of carbonyl (C=O) groups is 3. The Morgan fingerprint density at radius 3 is 2.18 bits per heavy atom. The summed E-state index contributed by atoms with van der Waals surface area (Å²) in [6.45, 7) is 1.65. The van der Waals surface area contributed by atoms with Crippen molar-refractivity contribution in [2.24, 2.45) is 0 Å². The van der Waals surface area contributed by atoms with E-state index in [0.29, 0.717) is 6.42 Å². The summed E-state index contributed by atoms with van der Waals surface area (Å²) in [7, 11) is 1.41. The minimum Gasteiger partial charge on any atom is -0.480 e. The van der Waals surface area contributed by atoms with Crippen LogP contribution in [0.2, 0.25) is 0 Å². The Morgan fingerprint density at radius 1 is 0.971 bits per heavy atom. The number of likely N-dealkylation sites (N-methyl/N-ethyl adjacent to an activating group) is 1. The lowest BCUT2D eigenvalue weighted by molar-refractivity contribution is -0.137. The first-order valence-electron chi connectivity index (χ1n) is 11.1. The summed E-state index contributed by atoms with van der Waals surface area (Å²) in [5.41, 5.74) is 5.87. The van der Waals surface area contributed by atoms with E-state index in [4.69, 9.17) is 9.84 Å². The van der Waals surface area contributed by atoms with Gasteiger partial charge in [0.15, 0.2) is 0 Å². The molecule has 0 saturated heterocycles. The molecule has 174 valence electrons. The lowest BCUT2D eigenvalue weighted by Crippen LogP contribution is -2.32. The number of hydrogen-bond acceptors (Lipinski definition) is 4. The fraction of sp³-hybridized carbons (Fsp3) is 0.222. The highest BCUT2D eigenvalue weighted by Gasteiger charge is 2.29. The third kappa shape index (κ3) is 4.64. The molecule has 0 aliphatic heterocycles. The third-order valence-electron chi connectivity index (χ3n) is 6.02. The molecule has 1 aliphatic rings. The third-order valence-corrected chi connectivity index (χ3v) is 6.02. The average Bonchev–Trinajstić information content (AvgIpc) is 3.16. The number of carboxylic acid groups (broad SMARTS) is 1. The zero-order chi connectivity index (χ0) is 24.2. The van der Waals surface area contributed by atoms with E-state index in [1.165, 1.54) is 7.05 Å². The first kappa shape index (κ1) is 23.0. The van der Waals surface area contributed by atoms with E-state index in [1.807, 2.05) is 49.4 Å². The number of carbonyl (C=O) groups excluding carboxylic acids is 2. The molecule has 7 heteroatoms. The number of rotatable bonds is 7. The minimum absolute atomic E-state index is 0.0802. The average molecular weight is 459 g/mol. The lowest BCUT2D eigenvalue weighted by atomic mass is 9.98. The number of benzene rings is 3. The predicted octanol–water partition coefficient (Wildman–Crippen LogP) is 4.77. The molecule has 3 aromatic rings. The van der Waals surface area contributed by atoms with Crippen molar-refractivity contribution in [1.29, 1.82) is 0 Å². The molecule has 2 amide bonds. The molecule has 7 nitrogen and oxygen atoms in total. The van der Waals surface area contributed by atoms with E-state index >= 15 is 0 Å². The van der Waals surface area contributed by atoms with Crippen LogP contribution in [0.4, 0.5) is 10.5 Å². The van der Waals surface area contributed by atoms with Crippen LogP contribution in [0, 0.1) is 0 Å². The molecule has 0 bridgehead atoms.